The molecule has 10 aromatic carbocycles. The third-order valence-corrected chi connectivity index (χ3v) is 17.9. The van der Waals surface area contributed by atoms with Crippen LogP contribution in [0.15, 0.2) is 340 Å². The number of carbonyl (C=O) groups is 3. The standard InChI is InChI=1S/C28H28P2.3C17H14O.CHCl3.2Pd/c1-5-15-25(16-6-1)29(26-17-7-2-8-18-26)23-13-14-24-30(27-19-9-3-10-20-27)28-21-11-4-12-22-28;3*18-17(13-11-15-7-3-1-4-8-15)14-12-16-9-5-2-6-10-16;2-1(3)4;;/h1-12,15-22H,13-14,23-24H2;3*1-14H;1H;;/b;3*13-11+,14-12+;;;. The third-order valence-electron chi connectivity index (χ3n) is 12.7. The first kappa shape index (κ1) is 75.2. The van der Waals surface area contributed by atoms with Gasteiger partial charge in [0.15, 0.2) is 21.6 Å². The molecule has 0 bridgehead atoms. The van der Waals surface area contributed by atoms with Crippen molar-refractivity contribution < 1.29 is 55.2 Å². The molecule has 0 N–H and O–H groups in total. The van der Waals surface area contributed by atoms with Gasteiger partial charge in [0, 0.05) is 40.8 Å². The number of allylic oxidation sites excluding steroid dienone is 6. The van der Waals surface area contributed by atoms with Crippen molar-refractivity contribution in [1.29, 1.82) is 0 Å². The Morgan fingerprint density at radius 3 is 0.533 bits per heavy atom. The number of hydrogen-bond donors (Lipinski definition) is 0. The van der Waals surface area contributed by atoms with Crippen LogP contribution in [0.1, 0.15) is 46.2 Å². The van der Waals surface area contributed by atoms with Crippen molar-refractivity contribution in [1.82, 2.24) is 0 Å². The predicted molar refractivity (Wildman–Crippen MR) is 386 cm³/mol. The molecule has 0 saturated heterocycles. The van der Waals surface area contributed by atoms with Gasteiger partial charge < -0.3 is 0 Å². The molecule has 0 saturated carbocycles. The molecule has 0 aliphatic heterocycles. The van der Waals surface area contributed by atoms with Gasteiger partial charge in [0.05, 0.1) is 0 Å². The maximum absolute atomic E-state index is 11.6. The van der Waals surface area contributed by atoms with Crippen LogP contribution >= 0.6 is 50.6 Å². The van der Waals surface area contributed by atoms with Crippen LogP contribution in [-0.2, 0) is 55.2 Å². The van der Waals surface area contributed by atoms with Gasteiger partial charge in [-0.15, -0.1) is 0 Å². The van der Waals surface area contributed by atoms with Crippen LogP contribution in [-0.4, -0.2) is 34.0 Å². The Kier molecular flexibility index (Phi) is 39.0. The van der Waals surface area contributed by atoms with E-state index >= 15 is 0 Å². The van der Waals surface area contributed by atoms with Crippen molar-refractivity contribution in [3.05, 3.63) is 373 Å². The average Bonchev–Trinajstić information content (AvgIpc) is 3.56. The van der Waals surface area contributed by atoms with Crippen LogP contribution in [0.5, 0.6) is 0 Å². The molecule has 0 fully saturated rings. The minimum absolute atomic E-state index is 0. The molecule has 460 valence electrons. The van der Waals surface area contributed by atoms with E-state index in [0.29, 0.717) is 0 Å². The van der Waals surface area contributed by atoms with Crippen LogP contribution < -0.4 is 21.2 Å². The summed E-state index contributed by atoms with van der Waals surface area (Å²) in [5.41, 5.74) is 6.16. The number of rotatable bonds is 21. The normalized spacial score (nSPS) is 10.8. The van der Waals surface area contributed by atoms with E-state index in [4.69, 9.17) is 34.8 Å². The van der Waals surface area contributed by atoms with Crippen molar-refractivity contribution in [3.8, 4) is 0 Å². The second-order valence-corrected chi connectivity index (χ2v) is 25.9. The van der Waals surface area contributed by atoms with Gasteiger partial charge in [0.1, 0.15) is 0 Å². The van der Waals surface area contributed by atoms with Crippen LogP contribution in [0.25, 0.3) is 36.5 Å². The summed E-state index contributed by atoms with van der Waals surface area (Å²) in [5, 5.41) is 5.97. The minimum Gasteiger partial charge on any atom is -0.290 e. The summed E-state index contributed by atoms with van der Waals surface area (Å²) >= 11 is 14.4. The van der Waals surface area contributed by atoms with E-state index in [-0.39, 0.29) is 74.0 Å². The molecular formula is C80H71Cl3O3P2Pd2. The summed E-state index contributed by atoms with van der Waals surface area (Å²) in [6.07, 6.45) is 25.4. The van der Waals surface area contributed by atoms with Gasteiger partial charge in [0.2, 0.25) is 0 Å². The molecule has 0 heterocycles. The van der Waals surface area contributed by atoms with Crippen LogP contribution in [0, 0.1) is 0 Å². The van der Waals surface area contributed by atoms with Gasteiger partial charge in [-0.3, -0.25) is 14.4 Å². The summed E-state index contributed by atoms with van der Waals surface area (Å²) in [7, 11) is -0.566. The number of hydrogen-bond acceptors (Lipinski definition) is 3. The molecule has 0 aromatic heterocycles. The van der Waals surface area contributed by atoms with E-state index in [1.807, 2.05) is 218 Å². The molecule has 0 unspecified atom stereocenters. The molecule has 10 heteroatoms. The molecule has 0 radical (unpaired) electrons. The van der Waals surface area contributed by atoms with E-state index < -0.39 is 4.30 Å². The Bertz CT molecular complexity index is 3120. The fraction of sp³-hybridized carbons (Fsp3) is 0.0625. The number of unbranched alkanes of at least 4 members (excludes halogenated alkanes) is 1. The number of halogens is 3. The fourth-order valence-electron chi connectivity index (χ4n) is 8.41. The van der Waals surface area contributed by atoms with Crippen LogP contribution in [0.3, 0.4) is 0 Å². The van der Waals surface area contributed by atoms with Crippen molar-refractivity contribution in [3.63, 3.8) is 0 Å². The maximum Gasteiger partial charge on any atom is 0.180 e. The quantitative estimate of drug-likeness (QED) is 0.0237. The SMILES string of the molecule is ClC(Cl)Cl.O=C(/C=C/c1ccccc1)/C=C/c1ccccc1.O=C(/C=C/c1ccccc1)/C=C/c1ccccc1.O=C(/C=C/c1ccccc1)/C=C/c1ccccc1.[Pd].[Pd].c1ccc(P(CCCCP(c2ccccc2)c2ccccc2)c2ccccc2)cc1. The first-order chi connectivity index (χ1) is 43.2. The first-order valence-corrected chi connectivity index (χ1v) is 33.2. The van der Waals surface area contributed by atoms with Gasteiger partial charge in [-0.2, -0.15) is 0 Å². The molecule has 0 spiro atoms. The van der Waals surface area contributed by atoms with Crippen molar-refractivity contribution in [2.24, 2.45) is 0 Å². The average molecular weight is 1460 g/mol. The summed E-state index contributed by atoms with van der Waals surface area (Å²) in [4.78, 5) is 34.8. The zero-order valence-electron chi connectivity index (χ0n) is 49.6. The Hall–Kier alpha value is -7.30. The second kappa shape index (κ2) is 46.7. The van der Waals surface area contributed by atoms with Gasteiger partial charge in [-0.05, 0) is 132 Å². The Morgan fingerprint density at radius 2 is 0.389 bits per heavy atom. The van der Waals surface area contributed by atoms with Crippen molar-refractivity contribution in [2.45, 2.75) is 17.1 Å². The number of benzene rings is 10. The molecular weight excluding hydrogens is 1390 g/mol. The number of ketones is 3. The monoisotopic (exact) mass is 1460 g/mol. The third kappa shape index (κ3) is 32.4. The van der Waals surface area contributed by atoms with Gasteiger partial charge in [-0.25, -0.2) is 0 Å². The summed E-state index contributed by atoms with van der Waals surface area (Å²) < 4.78 is -0.750. The van der Waals surface area contributed by atoms with Crippen LogP contribution in [0.4, 0.5) is 0 Å². The summed E-state index contributed by atoms with van der Waals surface area (Å²) in [6, 6.07) is 103. The Morgan fingerprint density at radius 1 is 0.256 bits per heavy atom. The molecule has 90 heavy (non-hydrogen) atoms. The minimum atomic E-state index is -0.750. The van der Waals surface area contributed by atoms with E-state index in [9.17, 15) is 14.4 Å². The number of carbonyl (C=O) groups excluding carboxylic acids is 3. The maximum atomic E-state index is 11.6. The van der Waals surface area contributed by atoms with E-state index in [1.54, 1.807) is 36.5 Å². The topological polar surface area (TPSA) is 51.2 Å². The van der Waals surface area contributed by atoms with E-state index in [2.05, 4.69) is 121 Å². The zero-order chi connectivity index (χ0) is 61.9. The molecule has 0 atom stereocenters. The van der Waals surface area contributed by atoms with Crippen molar-refractivity contribution in [2.75, 3.05) is 12.3 Å². The molecule has 10 aromatic rings. The molecule has 0 amide bonds. The van der Waals surface area contributed by atoms with Gasteiger partial charge >= 0.3 is 0 Å². The second-order valence-electron chi connectivity index (χ2n) is 19.3. The van der Waals surface area contributed by atoms with Gasteiger partial charge in [-0.1, -0.05) is 375 Å². The fourth-order valence-corrected chi connectivity index (χ4v) is 13.2. The summed E-state index contributed by atoms with van der Waals surface area (Å²) in [6.45, 7) is 0. The predicted octanol–water partition coefficient (Wildman–Crippen LogP) is 20.0. The van der Waals surface area contributed by atoms with Crippen molar-refractivity contribution >= 4 is 126 Å². The van der Waals surface area contributed by atoms with Crippen LogP contribution in [0.2, 0.25) is 0 Å². The largest absolute Gasteiger partial charge is 0.290 e. The smallest absolute Gasteiger partial charge is 0.180 e. The molecule has 3 nitrogen and oxygen atoms in total. The van der Waals surface area contributed by atoms with E-state index in [1.165, 1.54) is 46.4 Å². The Labute approximate surface area is 578 Å². The molecule has 0 aliphatic rings. The zero-order valence-corrected chi connectivity index (χ0v) is 56.8. The number of alkyl halides is 3. The Balaban J connectivity index is 0.000000256. The van der Waals surface area contributed by atoms with Gasteiger partial charge in [0.25, 0.3) is 0 Å². The van der Waals surface area contributed by atoms with E-state index in [0.717, 1.165) is 33.4 Å². The first-order valence-electron chi connectivity index (χ1n) is 28.9. The molecule has 10 rings (SSSR count). The molecule has 0 aliphatic carbocycles. The summed E-state index contributed by atoms with van der Waals surface area (Å²) in [5.74, 6) is -0.0341.